The molecule has 1 fully saturated rings. The predicted molar refractivity (Wildman–Crippen MR) is 66.4 cm³/mol. The molecule has 6 N–H and O–H groups in total. The molecule has 8 heteroatoms. The minimum Gasteiger partial charge on any atom is -0.394 e. The average molecular weight is 268 g/mol. The van der Waals surface area contributed by atoms with Crippen LogP contribution in [0.15, 0.2) is 17.3 Å². The molecule has 0 aliphatic carbocycles. The van der Waals surface area contributed by atoms with E-state index < -0.39 is 24.5 Å². The Morgan fingerprint density at radius 2 is 2.26 bits per heavy atom. The molecule has 8 nitrogen and oxygen atoms in total. The molecule has 0 spiro atoms. The van der Waals surface area contributed by atoms with Crippen molar-refractivity contribution in [3.63, 3.8) is 0 Å². The monoisotopic (exact) mass is 268 g/mol. The minimum absolute atomic E-state index is 0.291. The normalized spacial score (nSPS) is 33.7. The van der Waals surface area contributed by atoms with E-state index in [0.717, 1.165) is 5.56 Å². The van der Waals surface area contributed by atoms with Crippen molar-refractivity contribution in [3.05, 3.63) is 17.8 Å². The van der Waals surface area contributed by atoms with Crippen LogP contribution in [0.5, 0.6) is 0 Å². The first-order valence-corrected chi connectivity index (χ1v) is 6.01. The lowest BCUT2D eigenvalue weighted by Crippen LogP contribution is -2.34. The number of aliphatic hydroxyl groups is 3. The molecule has 3 rings (SSSR count). The number of fused-ring (bicyclic) bond motifs is 1. The van der Waals surface area contributed by atoms with E-state index in [0.29, 0.717) is 18.3 Å². The summed E-state index contributed by atoms with van der Waals surface area (Å²) >= 11 is 0. The highest BCUT2D eigenvalue weighted by Crippen LogP contribution is 2.34. The number of nitrogens with one attached hydrogen (secondary N) is 1. The zero-order valence-corrected chi connectivity index (χ0v) is 10.1. The first kappa shape index (κ1) is 12.4. The van der Waals surface area contributed by atoms with Crippen LogP contribution in [-0.4, -0.2) is 50.8 Å². The molecule has 104 valence electrons. The zero-order chi connectivity index (χ0) is 13.6. The number of hydrogen-bond donors (Lipinski definition) is 5. The highest BCUT2D eigenvalue weighted by molar-refractivity contribution is 5.93. The van der Waals surface area contributed by atoms with E-state index in [9.17, 15) is 10.2 Å². The Balaban J connectivity index is 1.91. The van der Waals surface area contributed by atoms with Crippen LogP contribution in [0.4, 0.5) is 5.82 Å². The van der Waals surface area contributed by atoms with Gasteiger partial charge in [-0.05, 0) is 6.07 Å². The molecule has 1 aromatic rings. The van der Waals surface area contributed by atoms with Crippen LogP contribution >= 0.6 is 0 Å². The molecule has 19 heavy (non-hydrogen) atoms. The molecule has 3 heterocycles. The van der Waals surface area contributed by atoms with Gasteiger partial charge in [-0.2, -0.15) is 0 Å². The number of anilines is 1. The number of ether oxygens (including phenoxy) is 1. The number of nitrogens with zero attached hydrogens (tertiary/aromatic N) is 2. The summed E-state index contributed by atoms with van der Waals surface area (Å²) in [6, 6.07) is 1.84. The maximum Gasteiger partial charge on any atom is 0.194 e. The fourth-order valence-electron chi connectivity index (χ4n) is 2.42. The molecule has 0 aromatic carbocycles. The third-order valence-electron chi connectivity index (χ3n) is 3.46. The van der Waals surface area contributed by atoms with Gasteiger partial charge in [-0.3, -0.25) is 0 Å². The maximum absolute atomic E-state index is 10.0. The van der Waals surface area contributed by atoms with Gasteiger partial charge >= 0.3 is 0 Å². The summed E-state index contributed by atoms with van der Waals surface area (Å²) in [5, 5.41) is 31.8. The van der Waals surface area contributed by atoms with Gasteiger partial charge in [-0.1, -0.05) is 0 Å². The molecule has 0 bridgehead atoms. The van der Waals surface area contributed by atoms with Crippen LogP contribution in [0.25, 0.3) is 0 Å². The summed E-state index contributed by atoms with van der Waals surface area (Å²) in [6.07, 6.45) is -2.08. The molecule has 2 aliphatic heterocycles. The van der Waals surface area contributed by atoms with E-state index >= 15 is 0 Å². The van der Waals surface area contributed by atoms with Crippen molar-refractivity contribution in [2.45, 2.75) is 31.1 Å². The molecule has 1 saturated heterocycles. The standard InChI is InChI=1S/C11H16N4O4/c12-11-13-3-5-1-2-15(9(5)14-11)10-8(18)7(17)6(4-16)19-10/h1-2,6-8,10,16-18H,3-4H2,(H3,12,13,14)/t6-,7-,8+,10-/m1/s1. The average Bonchev–Trinajstić information content (AvgIpc) is 2.92. The van der Waals surface area contributed by atoms with Crippen molar-refractivity contribution in [3.8, 4) is 0 Å². The van der Waals surface area contributed by atoms with E-state index in [1.165, 1.54) is 0 Å². The Kier molecular flexibility index (Phi) is 2.94. The van der Waals surface area contributed by atoms with Gasteiger partial charge in [0.15, 0.2) is 12.2 Å². The molecule has 0 unspecified atom stereocenters. The molecule has 1 aromatic heterocycles. The summed E-state index contributed by atoms with van der Waals surface area (Å²) in [5.41, 5.74) is 6.55. The van der Waals surface area contributed by atoms with E-state index in [-0.39, 0.29) is 6.61 Å². The van der Waals surface area contributed by atoms with Crippen molar-refractivity contribution in [1.29, 1.82) is 0 Å². The summed E-state index contributed by atoms with van der Waals surface area (Å²) < 4.78 is 7.13. The number of aliphatic imine (C=N–C) groups is 1. The second kappa shape index (κ2) is 4.49. The highest BCUT2D eigenvalue weighted by atomic mass is 16.6. The van der Waals surface area contributed by atoms with Gasteiger partial charge in [-0.25, -0.2) is 4.99 Å². The van der Waals surface area contributed by atoms with Crippen LogP contribution in [0.2, 0.25) is 0 Å². The van der Waals surface area contributed by atoms with Crippen molar-refractivity contribution < 1.29 is 20.1 Å². The summed E-state index contributed by atoms with van der Waals surface area (Å²) in [6.45, 7) is 0.102. The lowest BCUT2D eigenvalue weighted by atomic mass is 10.1. The SMILES string of the molecule is NC1=NCc2ccn([C@@H]3O[C@H](CO)[C@@H](O)[C@@H]3O)c2N1. The number of aromatic nitrogens is 1. The first-order chi connectivity index (χ1) is 9.11. The van der Waals surface area contributed by atoms with Crippen LogP contribution < -0.4 is 11.1 Å². The highest BCUT2D eigenvalue weighted by Gasteiger charge is 2.44. The van der Waals surface area contributed by atoms with E-state index in [1.807, 2.05) is 6.07 Å². The number of guanidine groups is 1. The van der Waals surface area contributed by atoms with Gasteiger partial charge in [0.1, 0.15) is 24.1 Å². The predicted octanol–water partition coefficient (Wildman–Crippen LogP) is -1.66. The molecular weight excluding hydrogens is 252 g/mol. The molecule has 0 saturated carbocycles. The molecule has 0 radical (unpaired) electrons. The lowest BCUT2D eigenvalue weighted by Gasteiger charge is -2.22. The van der Waals surface area contributed by atoms with Crippen molar-refractivity contribution in [2.24, 2.45) is 10.7 Å². The van der Waals surface area contributed by atoms with E-state index in [4.69, 9.17) is 15.6 Å². The van der Waals surface area contributed by atoms with Crippen molar-refractivity contribution in [2.75, 3.05) is 11.9 Å². The number of rotatable bonds is 2. The summed E-state index contributed by atoms with van der Waals surface area (Å²) in [5.74, 6) is 0.974. The second-order valence-electron chi connectivity index (χ2n) is 4.65. The summed E-state index contributed by atoms with van der Waals surface area (Å²) in [7, 11) is 0. The van der Waals surface area contributed by atoms with E-state index in [1.54, 1.807) is 10.8 Å². The largest absolute Gasteiger partial charge is 0.394 e. The first-order valence-electron chi connectivity index (χ1n) is 6.01. The Bertz CT molecular complexity index is 515. The third-order valence-corrected chi connectivity index (χ3v) is 3.46. The smallest absolute Gasteiger partial charge is 0.194 e. The fourth-order valence-corrected chi connectivity index (χ4v) is 2.42. The van der Waals surface area contributed by atoms with Gasteiger partial charge in [0, 0.05) is 11.8 Å². The number of nitrogens with two attached hydrogens (primary N) is 1. The van der Waals surface area contributed by atoms with E-state index in [2.05, 4.69) is 10.3 Å². The van der Waals surface area contributed by atoms with Crippen molar-refractivity contribution in [1.82, 2.24) is 4.57 Å². The van der Waals surface area contributed by atoms with Crippen LogP contribution in [0.1, 0.15) is 11.8 Å². The van der Waals surface area contributed by atoms with Crippen LogP contribution in [-0.2, 0) is 11.3 Å². The molecular formula is C11H16N4O4. The van der Waals surface area contributed by atoms with Gasteiger partial charge in [0.2, 0.25) is 0 Å². The Morgan fingerprint density at radius 3 is 2.95 bits per heavy atom. The molecule has 4 atom stereocenters. The van der Waals surface area contributed by atoms with Gasteiger partial charge in [0.25, 0.3) is 0 Å². The minimum atomic E-state index is -1.12. The second-order valence-corrected chi connectivity index (χ2v) is 4.65. The summed E-state index contributed by atoms with van der Waals surface area (Å²) in [4.78, 5) is 4.05. The number of hydrogen-bond acceptors (Lipinski definition) is 7. The van der Waals surface area contributed by atoms with Gasteiger partial charge in [0.05, 0.1) is 13.2 Å². The third kappa shape index (κ3) is 1.89. The lowest BCUT2D eigenvalue weighted by molar-refractivity contribution is -0.0516. The Hall–Kier alpha value is -1.61. The number of aliphatic hydroxyl groups excluding tert-OH is 3. The Labute approximate surface area is 109 Å². The molecule has 2 aliphatic rings. The molecule has 0 amide bonds. The topological polar surface area (TPSA) is 125 Å². The van der Waals surface area contributed by atoms with Gasteiger partial charge < -0.3 is 35.7 Å². The maximum atomic E-state index is 10.0. The van der Waals surface area contributed by atoms with Crippen LogP contribution in [0, 0.1) is 0 Å². The van der Waals surface area contributed by atoms with Crippen LogP contribution in [0.3, 0.4) is 0 Å². The van der Waals surface area contributed by atoms with Crippen molar-refractivity contribution >= 4 is 11.8 Å². The quantitative estimate of drug-likeness (QED) is 0.437. The fraction of sp³-hybridized carbons (Fsp3) is 0.545. The Morgan fingerprint density at radius 1 is 1.47 bits per heavy atom. The van der Waals surface area contributed by atoms with Gasteiger partial charge in [-0.15, -0.1) is 0 Å². The zero-order valence-electron chi connectivity index (χ0n) is 10.1.